The van der Waals surface area contributed by atoms with Crippen LogP contribution in [0.4, 0.5) is 0 Å². The number of rotatable bonds is 6. The highest BCUT2D eigenvalue weighted by Crippen LogP contribution is 2.23. The predicted octanol–water partition coefficient (Wildman–Crippen LogP) is 0.666. The zero-order valence-corrected chi connectivity index (χ0v) is 13.6. The Bertz CT molecular complexity index is 368. The van der Waals surface area contributed by atoms with Crippen LogP contribution in [-0.4, -0.2) is 30.7 Å². The minimum atomic E-state index is 0. The van der Waals surface area contributed by atoms with Crippen molar-refractivity contribution in [2.75, 3.05) is 26.2 Å². The van der Waals surface area contributed by atoms with E-state index in [1.54, 1.807) is 0 Å². The van der Waals surface area contributed by atoms with Crippen molar-refractivity contribution in [3.05, 3.63) is 48.6 Å². The van der Waals surface area contributed by atoms with E-state index in [1.165, 1.54) is 48.9 Å². The molecule has 2 heteroatoms. The third-order valence-corrected chi connectivity index (χ3v) is 4.16. The zero-order chi connectivity index (χ0) is 12.8. The molecule has 2 rings (SSSR count). The molecule has 0 aliphatic carbocycles. The highest BCUT2D eigenvalue weighted by molar-refractivity contribution is 5.15. The van der Waals surface area contributed by atoms with Crippen LogP contribution in [0.1, 0.15) is 25.3 Å². The monoisotopic (exact) mass is 323 g/mol. The van der Waals surface area contributed by atoms with Crippen molar-refractivity contribution in [2.24, 2.45) is 5.92 Å². The molecule has 1 aliphatic heterocycles. The summed E-state index contributed by atoms with van der Waals surface area (Å²) in [7, 11) is 0. The smallest absolute Gasteiger partial charge is 0.0971 e. The van der Waals surface area contributed by atoms with E-state index in [2.05, 4.69) is 49.9 Å². The van der Waals surface area contributed by atoms with E-state index >= 15 is 0 Å². The van der Waals surface area contributed by atoms with Gasteiger partial charge in [0.05, 0.1) is 26.2 Å². The molecule has 0 radical (unpaired) electrons. The minimum Gasteiger partial charge on any atom is -1.00 e. The average molecular weight is 324 g/mol. The molecule has 0 bridgehead atoms. The predicted molar refractivity (Wildman–Crippen MR) is 78.5 cm³/mol. The fraction of sp³-hybridized carbons (Fsp3) is 0.529. The van der Waals surface area contributed by atoms with Gasteiger partial charge in [0.2, 0.25) is 0 Å². The summed E-state index contributed by atoms with van der Waals surface area (Å²) in [5, 5.41) is 0. The van der Waals surface area contributed by atoms with Crippen molar-refractivity contribution in [1.29, 1.82) is 0 Å². The first-order valence-corrected chi connectivity index (χ1v) is 7.24. The van der Waals surface area contributed by atoms with Gasteiger partial charge < -0.3 is 21.5 Å². The Morgan fingerprint density at radius 2 is 1.84 bits per heavy atom. The molecule has 19 heavy (non-hydrogen) atoms. The molecule has 106 valence electrons. The molecular weight excluding hydrogens is 298 g/mol. The second kappa shape index (κ2) is 7.86. The number of hydrogen-bond donors (Lipinski definition) is 0. The van der Waals surface area contributed by atoms with Crippen LogP contribution in [0.5, 0.6) is 0 Å². The van der Waals surface area contributed by atoms with Gasteiger partial charge in [-0.05, 0) is 18.1 Å². The van der Waals surface area contributed by atoms with E-state index < -0.39 is 0 Å². The van der Waals surface area contributed by atoms with Crippen molar-refractivity contribution in [3.63, 3.8) is 0 Å². The number of halogens is 1. The SMILES string of the molecule is C=CC[N+]1(CC(C)Cc2ccccc2)CCCC1.[Br-]. The fourth-order valence-corrected chi connectivity index (χ4v) is 3.46. The summed E-state index contributed by atoms with van der Waals surface area (Å²) in [5.74, 6) is 0.755. The number of likely N-dealkylation sites (tertiary alicyclic amines) is 1. The molecule has 1 atom stereocenters. The maximum absolute atomic E-state index is 3.94. The molecule has 1 aromatic rings. The lowest BCUT2D eigenvalue weighted by Crippen LogP contribution is -3.00. The summed E-state index contributed by atoms with van der Waals surface area (Å²) in [6, 6.07) is 10.9. The molecule has 0 spiro atoms. The second-order valence-electron chi connectivity index (χ2n) is 5.94. The van der Waals surface area contributed by atoms with Crippen LogP contribution in [0.15, 0.2) is 43.0 Å². The Kier molecular flexibility index (Phi) is 6.81. The summed E-state index contributed by atoms with van der Waals surface area (Å²) >= 11 is 0. The summed E-state index contributed by atoms with van der Waals surface area (Å²) < 4.78 is 1.28. The Labute approximate surface area is 128 Å². The molecule has 0 N–H and O–H groups in total. The van der Waals surface area contributed by atoms with Crippen molar-refractivity contribution >= 4 is 0 Å². The van der Waals surface area contributed by atoms with E-state index in [0.29, 0.717) is 0 Å². The lowest BCUT2D eigenvalue weighted by Gasteiger charge is -2.35. The largest absolute Gasteiger partial charge is 1.00 e. The molecular formula is C17H26BrN. The van der Waals surface area contributed by atoms with E-state index in [-0.39, 0.29) is 17.0 Å². The van der Waals surface area contributed by atoms with Gasteiger partial charge in [-0.15, -0.1) is 0 Å². The lowest BCUT2D eigenvalue weighted by atomic mass is 10.00. The molecule has 1 heterocycles. The van der Waals surface area contributed by atoms with Crippen molar-refractivity contribution in [2.45, 2.75) is 26.2 Å². The van der Waals surface area contributed by atoms with Crippen LogP contribution in [0.2, 0.25) is 0 Å². The molecule has 1 saturated heterocycles. The third kappa shape index (κ3) is 4.77. The minimum absolute atomic E-state index is 0. The number of nitrogens with zero attached hydrogens (tertiary/aromatic N) is 1. The van der Waals surface area contributed by atoms with Crippen LogP contribution >= 0.6 is 0 Å². The zero-order valence-electron chi connectivity index (χ0n) is 12.0. The van der Waals surface area contributed by atoms with Gasteiger partial charge >= 0.3 is 0 Å². The van der Waals surface area contributed by atoms with Gasteiger partial charge in [0.15, 0.2) is 0 Å². The van der Waals surface area contributed by atoms with Gasteiger partial charge in [-0.25, -0.2) is 0 Å². The van der Waals surface area contributed by atoms with Crippen LogP contribution in [0, 0.1) is 5.92 Å². The van der Waals surface area contributed by atoms with Crippen LogP contribution < -0.4 is 17.0 Å². The Morgan fingerprint density at radius 1 is 1.21 bits per heavy atom. The molecule has 1 aromatic carbocycles. The highest BCUT2D eigenvalue weighted by atomic mass is 79.9. The normalized spacial score (nSPS) is 18.6. The maximum Gasteiger partial charge on any atom is 0.0971 e. The fourth-order valence-electron chi connectivity index (χ4n) is 3.46. The van der Waals surface area contributed by atoms with E-state index in [1.807, 2.05) is 0 Å². The van der Waals surface area contributed by atoms with Crippen LogP contribution in [0.3, 0.4) is 0 Å². The molecule has 1 aliphatic rings. The van der Waals surface area contributed by atoms with Gasteiger partial charge in [0, 0.05) is 18.8 Å². The maximum atomic E-state index is 3.94. The highest BCUT2D eigenvalue weighted by Gasteiger charge is 2.32. The Balaban J connectivity index is 0.00000180. The van der Waals surface area contributed by atoms with E-state index in [9.17, 15) is 0 Å². The molecule has 0 saturated carbocycles. The second-order valence-corrected chi connectivity index (χ2v) is 5.94. The molecule has 0 aromatic heterocycles. The van der Waals surface area contributed by atoms with Crippen molar-refractivity contribution in [1.82, 2.24) is 0 Å². The third-order valence-electron chi connectivity index (χ3n) is 4.16. The van der Waals surface area contributed by atoms with Gasteiger partial charge in [0.1, 0.15) is 0 Å². The Morgan fingerprint density at radius 3 is 2.42 bits per heavy atom. The molecule has 1 fully saturated rings. The van der Waals surface area contributed by atoms with E-state index in [0.717, 1.165) is 12.5 Å². The quantitative estimate of drug-likeness (QED) is 0.533. The standard InChI is InChI=1S/C17H26N.BrH/c1-3-11-18(12-7-8-13-18)15-16(2)14-17-9-5-4-6-10-17;/h3-6,9-10,16H,1,7-8,11-15H2,2H3;1H/q+1;/p-1. The van der Waals surface area contributed by atoms with Gasteiger partial charge in [-0.1, -0.05) is 43.8 Å². The van der Waals surface area contributed by atoms with Gasteiger partial charge in [-0.2, -0.15) is 0 Å². The van der Waals surface area contributed by atoms with Crippen molar-refractivity contribution < 1.29 is 21.5 Å². The summed E-state index contributed by atoms with van der Waals surface area (Å²) in [6.07, 6.45) is 6.11. The summed E-state index contributed by atoms with van der Waals surface area (Å²) in [6.45, 7) is 11.5. The number of quaternary nitrogens is 1. The molecule has 1 nitrogen and oxygen atoms in total. The number of benzene rings is 1. The lowest BCUT2D eigenvalue weighted by molar-refractivity contribution is -0.914. The summed E-state index contributed by atoms with van der Waals surface area (Å²) in [5.41, 5.74) is 1.47. The first-order chi connectivity index (χ1) is 8.74. The summed E-state index contributed by atoms with van der Waals surface area (Å²) in [4.78, 5) is 0. The average Bonchev–Trinajstić information content (AvgIpc) is 2.79. The van der Waals surface area contributed by atoms with Gasteiger partial charge in [-0.3, -0.25) is 0 Å². The van der Waals surface area contributed by atoms with E-state index in [4.69, 9.17) is 0 Å². The van der Waals surface area contributed by atoms with Crippen LogP contribution in [0.25, 0.3) is 0 Å². The molecule has 0 amide bonds. The van der Waals surface area contributed by atoms with Crippen molar-refractivity contribution in [3.8, 4) is 0 Å². The van der Waals surface area contributed by atoms with Crippen LogP contribution in [-0.2, 0) is 6.42 Å². The first kappa shape index (κ1) is 16.5. The van der Waals surface area contributed by atoms with Gasteiger partial charge in [0.25, 0.3) is 0 Å². The topological polar surface area (TPSA) is 0 Å². The first-order valence-electron chi connectivity index (χ1n) is 7.24. The Hall–Kier alpha value is -0.600. The molecule has 1 unspecified atom stereocenters. The number of hydrogen-bond acceptors (Lipinski definition) is 0.